The van der Waals surface area contributed by atoms with E-state index in [0.717, 1.165) is 27.3 Å². The standard InChI is InChI=1S/C19H18N4OS/c1-14(9-20)17-7-15(10-23-13-21-12-22-23)6-16(8-17)11-25-19-4-2-18(24)3-5-19/h2-8,12-14,24H,10-11H2,1H3. The molecule has 1 atom stereocenters. The van der Waals surface area contributed by atoms with E-state index in [2.05, 4.69) is 34.4 Å². The minimum atomic E-state index is -0.159. The van der Waals surface area contributed by atoms with E-state index in [1.807, 2.05) is 19.1 Å². The summed E-state index contributed by atoms with van der Waals surface area (Å²) in [4.78, 5) is 5.06. The first-order valence-corrected chi connectivity index (χ1v) is 8.89. The molecule has 0 radical (unpaired) electrons. The Balaban J connectivity index is 1.81. The lowest BCUT2D eigenvalue weighted by Gasteiger charge is -2.11. The van der Waals surface area contributed by atoms with Crippen LogP contribution >= 0.6 is 11.8 Å². The summed E-state index contributed by atoms with van der Waals surface area (Å²) < 4.78 is 1.77. The lowest BCUT2D eigenvalue weighted by Crippen LogP contribution is -2.03. The molecule has 3 rings (SSSR count). The number of aromatic nitrogens is 3. The van der Waals surface area contributed by atoms with Gasteiger partial charge in [0.2, 0.25) is 0 Å². The third kappa shape index (κ3) is 4.61. The summed E-state index contributed by atoms with van der Waals surface area (Å²) >= 11 is 1.70. The summed E-state index contributed by atoms with van der Waals surface area (Å²) in [6.45, 7) is 2.54. The van der Waals surface area contributed by atoms with Crippen molar-refractivity contribution >= 4 is 11.8 Å². The largest absolute Gasteiger partial charge is 0.508 e. The number of phenolic OH excluding ortho intramolecular Hbond substituents is 1. The first-order chi connectivity index (χ1) is 12.1. The molecule has 126 valence electrons. The van der Waals surface area contributed by atoms with Gasteiger partial charge >= 0.3 is 0 Å². The number of rotatable bonds is 6. The molecule has 0 saturated carbocycles. The van der Waals surface area contributed by atoms with Crippen LogP contribution in [-0.4, -0.2) is 19.9 Å². The average Bonchev–Trinajstić information content (AvgIpc) is 3.13. The molecule has 5 nitrogen and oxygen atoms in total. The minimum Gasteiger partial charge on any atom is -0.508 e. The Morgan fingerprint density at radius 2 is 1.96 bits per heavy atom. The molecule has 0 spiro atoms. The molecule has 1 heterocycles. The molecule has 3 aromatic rings. The number of benzene rings is 2. The molecular weight excluding hydrogens is 332 g/mol. The SMILES string of the molecule is CC(C#N)c1cc(CSc2ccc(O)cc2)cc(Cn2cncn2)c1. The van der Waals surface area contributed by atoms with Gasteiger partial charge in [0.15, 0.2) is 0 Å². The summed E-state index contributed by atoms with van der Waals surface area (Å²) in [6.07, 6.45) is 3.20. The van der Waals surface area contributed by atoms with Gasteiger partial charge in [0.25, 0.3) is 0 Å². The second kappa shape index (κ2) is 7.86. The van der Waals surface area contributed by atoms with Crippen molar-refractivity contribution < 1.29 is 5.11 Å². The fraction of sp³-hybridized carbons (Fsp3) is 0.211. The van der Waals surface area contributed by atoms with Crippen LogP contribution in [0.3, 0.4) is 0 Å². The number of nitriles is 1. The van der Waals surface area contributed by atoms with Gasteiger partial charge in [0.1, 0.15) is 18.4 Å². The molecule has 0 aliphatic rings. The van der Waals surface area contributed by atoms with Crippen LogP contribution in [0.15, 0.2) is 60.0 Å². The number of aromatic hydroxyl groups is 1. The van der Waals surface area contributed by atoms with Crippen molar-refractivity contribution in [2.24, 2.45) is 0 Å². The maximum absolute atomic E-state index is 9.37. The van der Waals surface area contributed by atoms with Crippen LogP contribution in [0.1, 0.15) is 29.5 Å². The predicted octanol–water partition coefficient (Wildman–Crippen LogP) is 3.95. The molecule has 25 heavy (non-hydrogen) atoms. The van der Waals surface area contributed by atoms with E-state index in [4.69, 9.17) is 0 Å². The van der Waals surface area contributed by atoms with E-state index in [-0.39, 0.29) is 11.7 Å². The quantitative estimate of drug-likeness (QED) is 0.681. The Labute approximate surface area is 151 Å². The fourth-order valence-corrected chi connectivity index (χ4v) is 3.33. The zero-order valence-electron chi connectivity index (χ0n) is 13.8. The lowest BCUT2D eigenvalue weighted by molar-refractivity contribution is 0.475. The highest BCUT2D eigenvalue weighted by Gasteiger charge is 2.09. The molecule has 1 aromatic heterocycles. The Morgan fingerprint density at radius 1 is 1.20 bits per heavy atom. The molecule has 0 bridgehead atoms. The third-order valence-corrected chi connectivity index (χ3v) is 4.91. The van der Waals surface area contributed by atoms with Crippen molar-refractivity contribution in [2.45, 2.75) is 30.0 Å². The topological polar surface area (TPSA) is 74.7 Å². The van der Waals surface area contributed by atoms with Crippen molar-refractivity contribution in [1.82, 2.24) is 14.8 Å². The van der Waals surface area contributed by atoms with Crippen LogP contribution in [-0.2, 0) is 12.3 Å². The summed E-state index contributed by atoms with van der Waals surface area (Å²) in [7, 11) is 0. The predicted molar refractivity (Wildman–Crippen MR) is 97.3 cm³/mol. The first kappa shape index (κ1) is 17.1. The van der Waals surface area contributed by atoms with Crippen LogP contribution in [0.5, 0.6) is 5.75 Å². The maximum atomic E-state index is 9.37. The Hall–Kier alpha value is -2.78. The Kier molecular flexibility index (Phi) is 5.36. The molecule has 0 saturated heterocycles. The number of thioether (sulfide) groups is 1. The molecule has 0 fully saturated rings. The van der Waals surface area contributed by atoms with Gasteiger partial charge in [-0.25, -0.2) is 9.67 Å². The number of hydrogen-bond acceptors (Lipinski definition) is 5. The van der Waals surface area contributed by atoms with Crippen molar-refractivity contribution in [1.29, 1.82) is 5.26 Å². The van der Waals surface area contributed by atoms with Crippen molar-refractivity contribution in [3.05, 3.63) is 71.8 Å². The van der Waals surface area contributed by atoms with E-state index >= 15 is 0 Å². The van der Waals surface area contributed by atoms with Crippen molar-refractivity contribution in [3.63, 3.8) is 0 Å². The van der Waals surface area contributed by atoms with Crippen LogP contribution < -0.4 is 0 Å². The highest BCUT2D eigenvalue weighted by molar-refractivity contribution is 7.98. The van der Waals surface area contributed by atoms with Gasteiger partial charge in [-0.1, -0.05) is 18.2 Å². The van der Waals surface area contributed by atoms with Crippen molar-refractivity contribution in [2.75, 3.05) is 0 Å². The van der Waals surface area contributed by atoms with Gasteiger partial charge in [-0.15, -0.1) is 11.8 Å². The van der Waals surface area contributed by atoms with E-state index in [1.54, 1.807) is 34.9 Å². The zero-order chi connectivity index (χ0) is 17.6. The van der Waals surface area contributed by atoms with Gasteiger partial charge < -0.3 is 5.11 Å². The smallest absolute Gasteiger partial charge is 0.137 e. The monoisotopic (exact) mass is 350 g/mol. The summed E-state index contributed by atoms with van der Waals surface area (Å²) in [5.74, 6) is 0.902. The van der Waals surface area contributed by atoms with E-state index in [0.29, 0.717) is 6.54 Å². The lowest BCUT2D eigenvalue weighted by atomic mass is 9.98. The number of hydrogen-bond donors (Lipinski definition) is 1. The molecule has 6 heteroatoms. The fourth-order valence-electron chi connectivity index (χ4n) is 2.50. The Morgan fingerprint density at radius 3 is 2.64 bits per heavy atom. The number of phenols is 1. The molecule has 1 unspecified atom stereocenters. The first-order valence-electron chi connectivity index (χ1n) is 7.90. The average molecular weight is 350 g/mol. The van der Waals surface area contributed by atoms with Crippen LogP contribution in [0.2, 0.25) is 0 Å². The molecule has 0 aliphatic carbocycles. The zero-order valence-corrected chi connectivity index (χ0v) is 14.6. The van der Waals surface area contributed by atoms with Gasteiger partial charge in [0, 0.05) is 10.6 Å². The summed E-state index contributed by atoms with van der Waals surface area (Å²) in [6, 6.07) is 15.8. The van der Waals surface area contributed by atoms with Crippen LogP contribution in [0.25, 0.3) is 0 Å². The molecule has 1 N–H and O–H groups in total. The molecule has 2 aromatic carbocycles. The van der Waals surface area contributed by atoms with E-state index in [1.165, 1.54) is 6.33 Å². The van der Waals surface area contributed by atoms with E-state index in [9.17, 15) is 10.4 Å². The van der Waals surface area contributed by atoms with Crippen LogP contribution in [0, 0.1) is 11.3 Å². The van der Waals surface area contributed by atoms with Gasteiger partial charge in [-0.2, -0.15) is 10.4 Å². The van der Waals surface area contributed by atoms with E-state index < -0.39 is 0 Å². The van der Waals surface area contributed by atoms with Crippen LogP contribution in [0.4, 0.5) is 0 Å². The highest BCUT2D eigenvalue weighted by Crippen LogP contribution is 2.27. The third-order valence-electron chi connectivity index (χ3n) is 3.82. The second-order valence-electron chi connectivity index (χ2n) is 5.81. The van der Waals surface area contributed by atoms with Crippen molar-refractivity contribution in [3.8, 4) is 11.8 Å². The maximum Gasteiger partial charge on any atom is 0.137 e. The van der Waals surface area contributed by atoms with Gasteiger partial charge in [0.05, 0.1) is 18.5 Å². The van der Waals surface area contributed by atoms with Gasteiger partial charge in [-0.3, -0.25) is 0 Å². The normalized spacial score (nSPS) is 11.8. The number of nitrogens with zero attached hydrogens (tertiary/aromatic N) is 4. The molecule has 0 amide bonds. The van der Waals surface area contributed by atoms with Gasteiger partial charge in [-0.05, 0) is 47.9 Å². The minimum absolute atomic E-state index is 0.159. The molecule has 0 aliphatic heterocycles. The highest BCUT2D eigenvalue weighted by atomic mass is 32.2. The summed E-state index contributed by atoms with van der Waals surface area (Å²) in [5.41, 5.74) is 3.28. The summed E-state index contributed by atoms with van der Waals surface area (Å²) in [5, 5.41) is 22.8. The second-order valence-corrected chi connectivity index (χ2v) is 6.86. The molecular formula is C19H18N4OS. The Bertz CT molecular complexity index is 869.